The standard InChI is InChI=1S/C24H30FN5O3/c1-33-22-7-5-20(6-8-22)29-13-11-28(12-14-29)10-9-26-24(32)27-19-16-23(31)30(17-19)21-4-2-3-18(25)15-21/h2-8,15,19H,9-14,16-17H2,1H3,(H2,26,27,32). The molecule has 8 nitrogen and oxygen atoms in total. The summed E-state index contributed by atoms with van der Waals surface area (Å²) in [6.45, 7) is 5.34. The van der Waals surface area contributed by atoms with Crippen molar-refractivity contribution in [1.82, 2.24) is 15.5 Å². The van der Waals surface area contributed by atoms with Crippen LogP contribution in [0, 0.1) is 5.82 Å². The number of nitrogens with zero attached hydrogens (tertiary/aromatic N) is 3. The second kappa shape index (κ2) is 10.5. The maximum absolute atomic E-state index is 13.5. The molecule has 0 aromatic heterocycles. The molecule has 0 aliphatic carbocycles. The SMILES string of the molecule is COc1ccc(N2CCN(CCNC(=O)NC3CC(=O)N(c4cccc(F)c4)C3)CC2)cc1. The predicted octanol–water partition coefficient (Wildman–Crippen LogP) is 2.06. The Balaban J connectivity index is 1.15. The summed E-state index contributed by atoms with van der Waals surface area (Å²) < 4.78 is 18.7. The molecule has 2 heterocycles. The first kappa shape index (κ1) is 22.8. The van der Waals surface area contributed by atoms with Crippen LogP contribution in [-0.4, -0.2) is 75.8 Å². The molecule has 1 atom stereocenters. The van der Waals surface area contributed by atoms with E-state index >= 15 is 0 Å². The van der Waals surface area contributed by atoms with Crippen molar-refractivity contribution >= 4 is 23.3 Å². The van der Waals surface area contributed by atoms with E-state index in [2.05, 4.69) is 32.6 Å². The van der Waals surface area contributed by atoms with Crippen molar-refractivity contribution in [3.8, 4) is 5.75 Å². The normalized spacial score (nSPS) is 19.0. The van der Waals surface area contributed by atoms with Gasteiger partial charge in [-0.2, -0.15) is 0 Å². The quantitative estimate of drug-likeness (QED) is 0.669. The number of urea groups is 1. The molecule has 2 aromatic carbocycles. The van der Waals surface area contributed by atoms with Gasteiger partial charge in [-0.1, -0.05) is 6.07 Å². The van der Waals surface area contributed by atoms with Gasteiger partial charge in [-0.05, 0) is 42.5 Å². The predicted molar refractivity (Wildman–Crippen MR) is 125 cm³/mol. The summed E-state index contributed by atoms with van der Waals surface area (Å²) in [5, 5.41) is 5.74. The van der Waals surface area contributed by atoms with Gasteiger partial charge < -0.3 is 25.2 Å². The molecular formula is C24H30FN5O3. The lowest BCUT2D eigenvalue weighted by Crippen LogP contribution is -2.50. The van der Waals surface area contributed by atoms with Crippen LogP contribution in [0.5, 0.6) is 5.75 Å². The second-order valence-electron chi connectivity index (χ2n) is 8.31. The molecule has 2 fully saturated rings. The Morgan fingerprint density at radius 1 is 1.09 bits per heavy atom. The zero-order valence-electron chi connectivity index (χ0n) is 18.8. The first-order chi connectivity index (χ1) is 16.0. The van der Waals surface area contributed by atoms with Crippen molar-refractivity contribution in [1.29, 1.82) is 0 Å². The van der Waals surface area contributed by atoms with Gasteiger partial charge in [0.2, 0.25) is 5.91 Å². The highest BCUT2D eigenvalue weighted by Gasteiger charge is 2.31. The third-order valence-corrected chi connectivity index (χ3v) is 6.10. The molecule has 0 spiro atoms. The maximum atomic E-state index is 13.5. The fourth-order valence-corrected chi connectivity index (χ4v) is 4.28. The van der Waals surface area contributed by atoms with Crippen LogP contribution in [0.15, 0.2) is 48.5 Å². The number of piperazine rings is 1. The first-order valence-electron chi connectivity index (χ1n) is 11.2. The van der Waals surface area contributed by atoms with E-state index < -0.39 is 0 Å². The summed E-state index contributed by atoms with van der Waals surface area (Å²) in [6, 6.07) is 13.4. The molecule has 0 saturated carbocycles. The van der Waals surface area contributed by atoms with Crippen molar-refractivity contribution < 1.29 is 18.7 Å². The van der Waals surface area contributed by atoms with Crippen LogP contribution in [0.3, 0.4) is 0 Å². The monoisotopic (exact) mass is 455 g/mol. The minimum atomic E-state index is -0.390. The number of methoxy groups -OCH3 is 1. The molecule has 2 N–H and O–H groups in total. The highest BCUT2D eigenvalue weighted by atomic mass is 19.1. The van der Waals surface area contributed by atoms with Crippen molar-refractivity contribution in [3.63, 3.8) is 0 Å². The molecule has 33 heavy (non-hydrogen) atoms. The van der Waals surface area contributed by atoms with Crippen LogP contribution < -0.4 is 25.2 Å². The van der Waals surface area contributed by atoms with E-state index in [0.717, 1.165) is 38.5 Å². The Kier molecular flexibility index (Phi) is 7.29. The van der Waals surface area contributed by atoms with Gasteiger partial charge in [0.05, 0.1) is 13.2 Å². The number of hydrogen-bond donors (Lipinski definition) is 2. The van der Waals surface area contributed by atoms with Crippen LogP contribution in [-0.2, 0) is 4.79 Å². The van der Waals surface area contributed by atoms with Gasteiger partial charge in [-0.25, -0.2) is 9.18 Å². The average Bonchev–Trinajstić information content (AvgIpc) is 3.19. The van der Waals surface area contributed by atoms with Crippen molar-refractivity contribution in [2.75, 3.05) is 62.7 Å². The number of anilines is 2. The van der Waals surface area contributed by atoms with E-state index in [-0.39, 0.29) is 30.2 Å². The molecule has 2 aliphatic heterocycles. The summed E-state index contributed by atoms with van der Waals surface area (Å²) in [5.74, 6) is 0.338. The summed E-state index contributed by atoms with van der Waals surface area (Å²) in [5.41, 5.74) is 1.70. The van der Waals surface area contributed by atoms with Gasteiger partial charge >= 0.3 is 6.03 Å². The first-order valence-corrected chi connectivity index (χ1v) is 11.2. The van der Waals surface area contributed by atoms with Crippen molar-refractivity contribution in [3.05, 3.63) is 54.3 Å². The third-order valence-electron chi connectivity index (χ3n) is 6.10. The Morgan fingerprint density at radius 3 is 2.55 bits per heavy atom. The van der Waals surface area contributed by atoms with Gasteiger partial charge in [0, 0.05) is 63.6 Å². The molecule has 9 heteroatoms. The number of benzene rings is 2. The molecule has 1 unspecified atom stereocenters. The third kappa shape index (κ3) is 5.92. The Morgan fingerprint density at radius 2 is 1.85 bits per heavy atom. The molecule has 176 valence electrons. The van der Waals surface area contributed by atoms with Crippen LogP contribution in [0.2, 0.25) is 0 Å². The molecule has 2 aromatic rings. The zero-order chi connectivity index (χ0) is 23.2. The smallest absolute Gasteiger partial charge is 0.315 e. The number of rotatable bonds is 7. The van der Waals surface area contributed by atoms with Gasteiger partial charge in [-0.15, -0.1) is 0 Å². The van der Waals surface area contributed by atoms with E-state index in [1.165, 1.54) is 22.7 Å². The van der Waals surface area contributed by atoms with E-state index in [1.54, 1.807) is 19.2 Å². The lowest BCUT2D eigenvalue weighted by atomic mass is 10.2. The number of carbonyl (C=O) groups excluding carboxylic acids is 2. The van der Waals surface area contributed by atoms with Crippen molar-refractivity contribution in [2.45, 2.75) is 12.5 Å². The lowest BCUT2D eigenvalue weighted by molar-refractivity contribution is -0.117. The van der Waals surface area contributed by atoms with E-state index in [1.807, 2.05) is 12.1 Å². The van der Waals surface area contributed by atoms with Gasteiger partial charge in [-0.3, -0.25) is 9.69 Å². The van der Waals surface area contributed by atoms with E-state index in [4.69, 9.17) is 4.74 Å². The number of hydrogen-bond acceptors (Lipinski definition) is 5. The molecule has 3 amide bonds. The largest absolute Gasteiger partial charge is 0.497 e. The molecule has 2 saturated heterocycles. The Hall–Kier alpha value is -3.33. The van der Waals surface area contributed by atoms with Crippen LogP contribution in [0.4, 0.5) is 20.6 Å². The topological polar surface area (TPSA) is 77.1 Å². The fraction of sp³-hybridized carbons (Fsp3) is 0.417. The highest BCUT2D eigenvalue weighted by Crippen LogP contribution is 2.22. The second-order valence-corrected chi connectivity index (χ2v) is 8.31. The molecular weight excluding hydrogens is 425 g/mol. The molecule has 2 aliphatic rings. The number of halogens is 1. The number of ether oxygens (including phenoxy) is 1. The minimum Gasteiger partial charge on any atom is -0.497 e. The number of carbonyl (C=O) groups is 2. The van der Waals surface area contributed by atoms with Crippen LogP contribution in [0.25, 0.3) is 0 Å². The molecule has 0 radical (unpaired) electrons. The van der Waals surface area contributed by atoms with Crippen LogP contribution in [0.1, 0.15) is 6.42 Å². The lowest BCUT2D eigenvalue weighted by Gasteiger charge is -2.36. The summed E-state index contributed by atoms with van der Waals surface area (Å²) in [6.07, 6.45) is 0.206. The molecule has 4 rings (SSSR count). The maximum Gasteiger partial charge on any atom is 0.315 e. The van der Waals surface area contributed by atoms with E-state index in [0.29, 0.717) is 18.8 Å². The van der Waals surface area contributed by atoms with Gasteiger partial charge in [0.25, 0.3) is 0 Å². The fourth-order valence-electron chi connectivity index (χ4n) is 4.28. The van der Waals surface area contributed by atoms with Gasteiger partial charge in [0.15, 0.2) is 0 Å². The zero-order valence-corrected chi connectivity index (χ0v) is 18.8. The highest BCUT2D eigenvalue weighted by molar-refractivity contribution is 5.96. The van der Waals surface area contributed by atoms with Crippen molar-refractivity contribution in [2.24, 2.45) is 0 Å². The molecule has 0 bridgehead atoms. The van der Waals surface area contributed by atoms with E-state index in [9.17, 15) is 14.0 Å². The number of amides is 3. The average molecular weight is 456 g/mol. The minimum absolute atomic E-state index is 0.124. The van der Waals surface area contributed by atoms with Gasteiger partial charge in [0.1, 0.15) is 11.6 Å². The summed E-state index contributed by atoms with van der Waals surface area (Å²) in [4.78, 5) is 30.7. The summed E-state index contributed by atoms with van der Waals surface area (Å²) in [7, 11) is 1.66. The summed E-state index contributed by atoms with van der Waals surface area (Å²) >= 11 is 0. The van der Waals surface area contributed by atoms with Crippen LogP contribution >= 0.6 is 0 Å². The Bertz CT molecular complexity index is 963. The Labute approximate surface area is 193 Å². The number of nitrogens with one attached hydrogen (secondary N) is 2.